The number of ether oxygens (including phenoxy) is 3. The third kappa shape index (κ3) is 5.89. The lowest BCUT2D eigenvalue weighted by Crippen LogP contribution is -2.39. The zero-order chi connectivity index (χ0) is 34.6. The van der Waals surface area contributed by atoms with Gasteiger partial charge in [-0.05, 0) is 67.6 Å². The Morgan fingerprint density at radius 2 is 1.73 bits per heavy atom. The Bertz CT molecular complexity index is 2060. The molecule has 3 aromatic carbocycles. The van der Waals surface area contributed by atoms with Gasteiger partial charge >= 0.3 is 6.18 Å². The average molecular weight is 684 g/mol. The van der Waals surface area contributed by atoms with Crippen LogP contribution in [-0.4, -0.2) is 52.2 Å². The molecule has 0 unspecified atom stereocenters. The molecular weight excluding hydrogens is 651 g/mol. The highest BCUT2D eigenvalue weighted by Crippen LogP contribution is 2.55. The Balaban J connectivity index is 1.24. The molecule has 1 aliphatic heterocycles. The molecule has 2 heterocycles. The van der Waals surface area contributed by atoms with E-state index in [2.05, 4.69) is 9.71 Å². The molecule has 2 aliphatic rings. The van der Waals surface area contributed by atoms with Gasteiger partial charge in [-0.25, -0.2) is 8.42 Å². The number of benzene rings is 3. The first-order chi connectivity index (χ1) is 22.7. The molecule has 1 N–H and O–H groups in total. The van der Waals surface area contributed by atoms with E-state index in [0.717, 1.165) is 0 Å². The van der Waals surface area contributed by atoms with E-state index in [-0.39, 0.29) is 23.4 Å². The maximum atomic E-state index is 13.8. The molecule has 1 saturated carbocycles. The van der Waals surface area contributed by atoms with Crippen LogP contribution in [0, 0.1) is 13.8 Å². The summed E-state index contributed by atoms with van der Waals surface area (Å²) in [4.78, 5) is 32.9. The van der Waals surface area contributed by atoms with Crippen LogP contribution >= 0.6 is 0 Å². The van der Waals surface area contributed by atoms with Crippen molar-refractivity contribution in [2.24, 2.45) is 0 Å². The van der Waals surface area contributed by atoms with Crippen molar-refractivity contribution in [3.05, 3.63) is 88.1 Å². The zero-order valence-corrected chi connectivity index (χ0v) is 27.3. The van der Waals surface area contributed by atoms with Crippen molar-refractivity contribution in [1.29, 1.82) is 0 Å². The number of nitrogens with one attached hydrogen (secondary N) is 1. The number of pyridine rings is 1. The molecule has 0 bridgehead atoms. The topological polar surface area (TPSA) is 124 Å². The van der Waals surface area contributed by atoms with E-state index in [0.29, 0.717) is 63.2 Å². The summed E-state index contributed by atoms with van der Waals surface area (Å²) in [5, 5.41) is 0.500. The minimum atomic E-state index is -4.60. The Morgan fingerprint density at radius 3 is 2.33 bits per heavy atom. The highest BCUT2D eigenvalue weighted by Gasteiger charge is 2.55. The molecule has 0 radical (unpaired) electrons. The normalized spacial score (nSPS) is 15.3. The van der Waals surface area contributed by atoms with Crippen molar-refractivity contribution < 1.29 is 45.4 Å². The largest absolute Gasteiger partial charge is 0.496 e. The number of methoxy groups -OCH3 is 2. The van der Waals surface area contributed by atoms with Gasteiger partial charge in [-0.1, -0.05) is 24.3 Å². The van der Waals surface area contributed by atoms with Crippen LogP contribution in [0.4, 0.5) is 18.9 Å². The summed E-state index contributed by atoms with van der Waals surface area (Å²) in [7, 11) is -1.23. The molecule has 6 rings (SSSR count). The van der Waals surface area contributed by atoms with E-state index in [9.17, 15) is 31.2 Å². The number of hydrogen-bond donors (Lipinski definition) is 1. The van der Waals surface area contributed by atoms with Crippen molar-refractivity contribution in [2.75, 3.05) is 25.7 Å². The van der Waals surface area contributed by atoms with Gasteiger partial charge < -0.3 is 19.1 Å². The van der Waals surface area contributed by atoms with Crippen LogP contribution in [0.1, 0.15) is 51.0 Å². The van der Waals surface area contributed by atoms with Gasteiger partial charge in [0.2, 0.25) is 15.9 Å². The molecule has 10 nitrogen and oxygen atoms in total. The average Bonchev–Trinajstić information content (AvgIpc) is 3.77. The second kappa shape index (κ2) is 12.0. The molecule has 0 saturated heterocycles. The number of hydrogen-bond acceptors (Lipinski definition) is 8. The standard InChI is InChI=1S/C34H32F3N3O7S/c1-19-15-21(17-48(43,44)39-32(42)33(12-13-33)28-25(45-3)8-5-9-26(28)46-4)10-11-24(19)40-16-23-27(31(40)41)20(2)22-7-6-14-38-29(22)30(23)47-18-34(35,36)37/h5-11,14-15H,12-13,16-18H2,1-4H3,(H,39,42). The number of alkyl halides is 3. The zero-order valence-electron chi connectivity index (χ0n) is 26.5. The minimum Gasteiger partial charge on any atom is -0.496 e. The minimum absolute atomic E-state index is 0.0717. The van der Waals surface area contributed by atoms with E-state index in [4.69, 9.17) is 14.2 Å². The van der Waals surface area contributed by atoms with E-state index in [1.807, 2.05) is 0 Å². The number of halogens is 3. The van der Waals surface area contributed by atoms with Gasteiger partial charge in [0, 0.05) is 22.8 Å². The summed E-state index contributed by atoms with van der Waals surface area (Å²) in [5.74, 6) is -0.888. The number of sulfonamides is 1. The van der Waals surface area contributed by atoms with Crippen LogP contribution in [-0.2, 0) is 32.5 Å². The number of rotatable bonds is 10. The van der Waals surface area contributed by atoms with Crippen LogP contribution in [0.3, 0.4) is 0 Å². The van der Waals surface area contributed by atoms with Gasteiger partial charge in [0.1, 0.15) is 17.0 Å². The summed E-state index contributed by atoms with van der Waals surface area (Å²) in [5.41, 5.74) is 2.05. The summed E-state index contributed by atoms with van der Waals surface area (Å²) in [6, 6.07) is 13.1. The fraction of sp³-hybridized carbons (Fsp3) is 0.324. The van der Waals surface area contributed by atoms with Gasteiger partial charge in [-0.2, -0.15) is 13.2 Å². The summed E-state index contributed by atoms with van der Waals surface area (Å²) in [6.45, 7) is 1.79. The summed E-state index contributed by atoms with van der Waals surface area (Å²) >= 11 is 0. The van der Waals surface area contributed by atoms with Crippen molar-refractivity contribution in [3.8, 4) is 17.2 Å². The van der Waals surface area contributed by atoms with Crippen LogP contribution in [0.5, 0.6) is 17.2 Å². The molecule has 14 heteroatoms. The SMILES string of the molecule is COc1cccc(OC)c1C1(C(=O)NS(=O)(=O)Cc2ccc(N3Cc4c(c(C)c5cccnc5c4OCC(F)(F)F)C3=O)c(C)c2)CC1. The summed E-state index contributed by atoms with van der Waals surface area (Å²) in [6.07, 6.45) is -2.32. The molecule has 48 heavy (non-hydrogen) atoms. The molecule has 252 valence electrons. The highest BCUT2D eigenvalue weighted by molar-refractivity contribution is 7.89. The third-order valence-corrected chi connectivity index (χ3v) is 9.99. The first-order valence-corrected chi connectivity index (χ1v) is 16.6. The fourth-order valence-corrected chi connectivity index (χ4v) is 7.63. The smallest absolute Gasteiger partial charge is 0.422 e. The fourth-order valence-electron chi connectivity index (χ4n) is 6.46. The Morgan fingerprint density at radius 1 is 1.04 bits per heavy atom. The number of aryl methyl sites for hydroxylation is 2. The number of fused-ring (bicyclic) bond motifs is 2. The monoisotopic (exact) mass is 683 g/mol. The third-order valence-electron chi connectivity index (χ3n) is 8.78. The Hall–Kier alpha value is -4.85. The van der Waals surface area contributed by atoms with Gasteiger partial charge in [-0.15, -0.1) is 0 Å². The van der Waals surface area contributed by atoms with Crippen LogP contribution in [0.25, 0.3) is 10.9 Å². The molecule has 1 fully saturated rings. The maximum absolute atomic E-state index is 13.8. The van der Waals surface area contributed by atoms with Crippen molar-refractivity contribution in [3.63, 3.8) is 0 Å². The van der Waals surface area contributed by atoms with E-state index >= 15 is 0 Å². The quantitative estimate of drug-likeness (QED) is 0.228. The maximum Gasteiger partial charge on any atom is 0.422 e. The number of carbonyl (C=O) groups is 2. The van der Waals surface area contributed by atoms with Crippen LogP contribution in [0.2, 0.25) is 0 Å². The molecular formula is C34H32F3N3O7S. The van der Waals surface area contributed by atoms with Gasteiger partial charge in [0.05, 0.1) is 43.1 Å². The number of aromatic nitrogens is 1. The molecule has 2 amide bonds. The predicted molar refractivity (Wildman–Crippen MR) is 171 cm³/mol. The number of carbonyl (C=O) groups excluding carboxylic acids is 2. The Labute approximate surface area is 274 Å². The Kier molecular flexibility index (Phi) is 8.26. The second-order valence-corrected chi connectivity index (χ2v) is 13.7. The molecule has 1 aliphatic carbocycles. The second-order valence-electron chi connectivity index (χ2n) is 11.9. The molecule has 1 aromatic heterocycles. The molecule has 0 atom stereocenters. The van der Waals surface area contributed by atoms with Crippen LogP contribution < -0.4 is 23.8 Å². The first kappa shape index (κ1) is 33.1. The van der Waals surface area contributed by atoms with Gasteiger partial charge in [0.25, 0.3) is 5.91 Å². The van der Waals surface area contributed by atoms with Gasteiger partial charge in [-0.3, -0.25) is 19.3 Å². The van der Waals surface area contributed by atoms with E-state index < -0.39 is 45.8 Å². The summed E-state index contributed by atoms with van der Waals surface area (Å²) < 4.78 is 84.4. The number of nitrogens with zero attached hydrogens (tertiary/aromatic N) is 2. The van der Waals surface area contributed by atoms with Crippen molar-refractivity contribution in [2.45, 2.75) is 50.6 Å². The highest BCUT2D eigenvalue weighted by atomic mass is 32.2. The van der Waals surface area contributed by atoms with Gasteiger partial charge in [0.15, 0.2) is 12.4 Å². The van der Waals surface area contributed by atoms with Crippen molar-refractivity contribution >= 4 is 38.4 Å². The predicted octanol–water partition coefficient (Wildman–Crippen LogP) is 5.65. The van der Waals surface area contributed by atoms with Crippen molar-refractivity contribution in [1.82, 2.24) is 9.71 Å². The van der Waals surface area contributed by atoms with Crippen LogP contribution in [0.15, 0.2) is 54.7 Å². The number of amides is 2. The van der Waals surface area contributed by atoms with E-state index in [1.165, 1.54) is 31.4 Å². The number of anilines is 1. The molecule has 4 aromatic rings. The lowest BCUT2D eigenvalue weighted by molar-refractivity contribution is -0.153. The first-order valence-electron chi connectivity index (χ1n) is 15.0. The lowest BCUT2D eigenvalue weighted by Gasteiger charge is -2.21. The van der Waals surface area contributed by atoms with E-state index in [1.54, 1.807) is 56.3 Å². The lowest BCUT2D eigenvalue weighted by atomic mass is 9.93. The molecule has 0 spiro atoms.